The Labute approximate surface area is 94.7 Å². The smallest absolute Gasteiger partial charge is 0.251 e. The summed E-state index contributed by atoms with van der Waals surface area (Å²) in [7, 11) is 0. The van der Waals surface area contributed by atoms with Crippen LogP contribution < -0.4 is 5.32 Å². The van der Waals surface area contributed by atoms with Crippen molar-refractivity contribution in [3.05, 3.63) is 0 Å². The monoisotopic (exact) mass is 224 g/mol. The third-order valence-electron chi connectivity index (χ3n) is 3.12. The Kier molecular flexibility index (Phi) is 3.75. The second-order valence-corrected chi connectivity index (χ2v) is 4.22. The number of nitriles is 1. The summed E-state index contributed by atoms with van der Waals surface area (Å²) >= 11 is 0. The fourth-order valence-corrected chi connectivity index (χ4v) is 2.20. The highest BCUT2D eigenvalue weighted by atomic mass is 16.6. The fraction of sp³-hybridized carbons (Fsp3) is 0.818. The van der Waals surface area contributed by atoms with E-state index < -0.39 is 6.10 Å². The zero-order chi connectivity index (χ0) is 11.4. The third-order valence-corrected chi connectivity index (χ3v) is 3.12. The Morgan fingerprint density at radius 2 is 2.25 bits per heavy atom. The first-order valence-corrected chi connectivity index (χ1v) is 5.70. The summed E-state index contributed by atoms with van der Waals surface area (Å²) in [5.41, 5.74) is 0. The van der Waals surface area contributed by atoms with Gasteiger partial charge in [0.1, 0.15) is 0 Å². The molecule has 0 bridgehead atoms. The molecule has 1 heterocycles. The summed E-state index contributed by atoms with van der Waals surface area (Å²) in [6, 6.07) is 2.22. The van der Waals surface area contributed by atoms with Gasteiger partial charge in [-0.2, -0.15) is 5.26 Å². The molecule has 0 aromatic rings. The lowest BCUT2D eigenvalue weighted by Gasteiger charge is -2.24. The van der Waals surface area contributed by atoms with Crippen molar-refractivity contribution in [1.29, 1.82) is 5.26 Å². The van der Waals surface area contributed by atoms with Crippen LogP contribution >= 0.6 is 0 Å². The second kappa shape index (κ2) is 5.28. The molecule has 0 radical (unpaired) electrons. The van der Waals surface area contributed by atoms with E-state index >= 15 is 0 Å². The number of carbonyl (C=O) groups excluding carboxylic acids is 1. The van der Waals surface area contributed by atoms with Crippen LogP contribution in [0.2, 0.25) is 0 Å². The van der Waals surface area contributed by atoms with Crippen LogP contribution in [0.15, 0.2) is 0 Å². The molecule has 5 nitrogen and oxygen atoms in total. The third kappa shape index (κ3) is 2.52. The molecule has 1 aliphatic heterocycles. The molecule has 0 aromatic carbocycles. The van der Waals surface area contributed by atoms with Crippen LogP contribution in [-0.4, -0.2) is 37.9 Å². The number of nitrogens with zero attached hydrogens (tertiary/aromatic N) is 1. The maximum Gasteiger partial charge on any atom is 0.251 e. The van der Waals surface area contributed by atoms with Gasteiger partial charge in [-0.1, -0.05) is 0 Å². The highest BCUT2D eigenvalue weighted by molar-refractivity contribution is 5.81. The van der Waals surface area contributed by atoms with E-state index in [-0.39, 0.29) is 17.9 Å². The zero-order valence-electron chi connectivity index (χ0n) is 9.15. The first kappa shape index (κ1) is 11.4. The van der Waals surface area contributed by atoms with Gasteiger partial charge < -0.3 is 14.8 Å². The van der Waals surface area contributed by atoms with Crippen molar-refractivity contribution in [3.8, 4) is 6.07 Å². The predicted molar refractivity (Wildman–Crippen MR) is 55.4 cm³/mol. The minimum atomic E-state index is -0.506. The molecule has 0 aromatic heterocycles. The Morgan fingerprint density at radius 3 is 2.94 bits per heavy atom. The number of amides is 1. The summed E-state index contributed by atoms with van der Waals surface area (Å²) in [6.07, 6.45) is 2.26. The summed E-state index contributed by atoms with van der Waals surface area (Å²) in [4.78, 5) is 11.8. The molecule has 1 saturated carbocycles. The minimum absolute atomic E-state index is 0.0111. The van der Waals surface area contributed by atoms with E-state index in [9.17, 15) is 4.79 Å². The SMILES string of the molecule is N#CC1CCCC1NC(=O)C1COCCO1. The molecule has 2 aliphatic rings. The van der Waals surface area contributed by atoms with Gasteiger partial charge in [0, 0.05) is 6.04 Å². The van der Waals surface area contributed by atoms with E-state index in [1.165, 1.54) is 0 Å². The highest BCUT2D eigenvalue weighted by Crippen LogP contribution is 2.24. The van der Waals surface area contributed by atoms with Crippen LogP contribution in [-0.2, 0) is 14.3 Å². The van der Waals surface area contributed by atoms with Gasteiger partial charge in [0.15, 0.2) is 6.10 Å². The lowest BCUT2D eigenvalue weighted by atomic mass is 10.1. The van der Waals surface area contributed by atoms with Gasteiger partial charge in [-0.25, -0.2) is 0 Å². The normalized spacial score (nSPS) is 34.3. The average Bonchev–Trinajstić information content (AvgIpc) is 2.77. The van der Waals surface area contributed by atoms with Gasteiger partial charge in [0.2, 0.25) is 0 Å². The van der Waals surface area contributed by atoms with Gasteiger partial charge in [0.05, 0.1) is 31.8 Å². The van der Waals surface area contributed by atoms with Crippen molar-refractivity contribution >= 4 is 5.91 Å². The predicted octanol–water partition coefficient (Wildman–Crippen LogP) is 0.210. The van der Waals surface area contributed by atoms with Crippen molar-refractivity contribution in [2.45, 2.75) is 31.4 Å². The topological polar surface area (TPSA) is 71.4 Å². The van der Waals surface area contributed by atoms with E-state index in [0.717, 1.165) is 19.3 Å². The van der Waals surface area contributed by atoms with Gasteiger partial charge in [0.25, 0.3) is 5.91 Å². The lowest BCUT2D eigenvalue weighted by molar-refractivity contribution is -0.148. The number of hydrogen-bond donors (Lipinski definition) is 1. The van der Waals surface area contributed by atoms with Crippen molar-refractivity contribution < 1.29 is 14.3 Å². The van der Waals surface area contributed by atoms with Crippen molar-refractivity contribution in [1.82, 2.24) is 5.32 Å². The number of carbonyl (C=O) groups is 1. The molecule has 88 valence electrons. The maximum atomic E-state index is 11.8. The lowest BCUT2D eigenvalue weighted by Crippen LogP contribution is -2.47. The van der Waals surface area contributed by atoms with E-state index in [1.54, 1.807) is 0 Å². The van der Waals surface area contributed by atoms with Crippen molar-refractivity contribution in [2.24, 2.45) is 5.92 Å². The molecule has 5 heteroatoms. The van der Waals surface area contributed by atoms with E-state index in [0.29, 0.717) is 19.8 Å². The minimum Gasteiger partial charge on any atom is -0.376 e. The molecule has 1 aliphatic carbocycles. The Hall–Kier alpha value is -1.12. The second-order valence-electron chi connectivity index (χ2n) is 4.22. The number of nitrogens with one attached hydrogen (secondary N) is 1. The van der Waals surface area contributed by atoms with Crippen molar-refractivity contribution in [2.75, 3.05) is 19.8 Å². The van der Waals surface area contributed by atoms with Crippen LogP contribution in [0.5, 0.6) is 0 Å². The van der Waals surface area contributed by atoms with E-state index in [4.69, 9.17) is 14.7 Å². The van der Waals surface area contributed by atoms with E-state index in [2.05, 4.69) is 11.4 Å². The molecule has 2 fully saturated rings. The molecule has 2 rings (SSSR count). The molecule has 0 spiro atoms. The molecule has 1 saturated heterocycles. The number of rotatable bonds is 2. The van der Waals surface area contributed by atoms with Crippen LogP contribution in [0.25, 0.3) is 0 Å². The first-order chi connectivity index (χ1) is 7.81. The van der Waals surface area contributed by atoms with Gasteiger partial charge in [-0.15, -0.1) is 0 Å². The van der Waals surface area contributed by atoms with Gasteiger partial charge in [-0.3, -0.25) is 4.79 Å². The van der Waals surface area contributed by atoms with Crippen molar-refractivity contribution in [3.63, 3.8) is 0 Å². The molecular formula is C11H16N2O3. The fourth-order valence-electron chi connectivity index (χ4n) is 2.20. The Balaban J connectivity index is 1.84. The van der Waals surface area contributed by atoms with Crippen LogP contribution in [0.3, 0.4) is 0 Å². The highest BCUT2D eigenvalue weighted by Gasteiger charge is 2.31. The standard InChI is InChI=1S/C11H16N2O3/c12-6-8-2-1-3-9(8)13-11(14)10-7-15-4-5-16-10/h8-10H,1-5,7H2,(H,13,14). The molecule has 1 N–H and O–H groups in total. The Morgan fingerprint density at radius 1 is 1.38 bits per heavy atom. The summed E-state index contributed by atoms with van der Waals surface area (Å²) < 4.78 is 10.5. The van der Waals surface area contributed by atoms with Crippen LogP contribution in [0, 0.1) is 17.2 Å². The molecule has 16 heavy (non-hydrogen) atoms. The summed E-state index contributed by atoms with van der Waals surface area (Å²) in [5, 5.41) is 11.8. The van der Waals surface area contributed by atoms with Gasteiger partial charge >= 0.3 is 0 Å². The molecule has 3 atom stereocenters. The van der Waals surface area contributed by atoms with E-state index in [1.807, 2.05) is 0 Å². The quantitative estimate of drug-likeness (QED) is 0.728. The summed E-state index contributed by atoms with van der Waals surface area (Å²) in [6.45, 7) is 1.33. The largest absolute Gasteiger partial charge is 0.376 e. The zero-order valence-corrected chi connectivity index (χ0v) is 9.15. The maximum absolute atomic E-state index is 11.8. The number of hydrogen-bond acceptors (Lipinski definition) is 4. The van der Waals surface area contributed by atoms with Crippen LogP contribution in [0.1, 0.15) is 19.3 Å². The van der Waals surface area contributed by atoms with Crippen LogP contribution in [0.4, 0.5) is 0 Å². The van der Waals surface area contributed by atoms with Gasteiger partial charge in [-0.05, 0) is 19.3 Å². The average molecular weight is 224 g/mol. The molecule has 3 unspecified atom stereocenters. The summed E-state index contributed by atoms with van der Waals surface area (Å²) in [5.74, 6) is -0.194. The molecular weight excluding hydrogens is 208 g/mol. The number of ether oxygens (including phenoxy) is 2. The Bertz CT molecular complexity index is 294. The molecule has 1 amide bonds. The first-order valence-electron chi connectivity index (χ1n) is 5.70.